The van der Waals surface area contributed by atoms with Crippen molar-refractivity contribution >= 4 is 27.9 Å². The second-order valence-corrected chi connectivity index (χ2v) is 10.1. The summed E-state index contributed by atoms with van der Waals surface area (Å²) < 4.78 is 13.5. The molecule has 2 fully saturated rings. The van der Waals surface area contributed by atoms with Crippen molar-refractivity contribution in [3.8, 4) is 23.0 Å². The van der Waals surface area contributed by atoms with Gasteiger partial charge in [0.25, 0.3) is 6.01 Å². The number of nitrogens with zero attached hydrogens (tertiary/aromatic N) is 6. The van der Waals surface area contributed by atoms with Gasteiger partial charge < -0.3 is 20.2 Å². The van der Waals surface area contributed by atoms with E-state index < -0.39 is 0 Å². The van der Waals surface area contributed by atoms with Crippen LogP contribution in [0.25, 0.3) is 33.3 Å². The molecular formula is C28H30N8O2. The van der Waals surface area contributed by atoms with Gasteiger partial charge in [-0.25, -0.2) is 14.6 Å². The van der Waals surface area contributed by atoms with Gasteiger partial charge in [0.05, 0.1) is 35.7 Å². The summed E-state index contributed by atoms with van der Waals surface area (Å²) in [6, 6.07) is 17.0. The Labute approximate surface area is 219 Å². The van der Waals surface area contributed by atoms with Crippen LogP contribution in [0.2, 0.25) is 0 Å². The van der Waals surface area contributed by atoms with E-state index in [-0.39, 0.29) is 6.04 Å². The molecule has 0 radical (unpaired) electrons. The summed E-state index contributed by atoms with van der Waals surface area (Å²) in [6.07, 6.45) is 5.93. The molecule has 5 aromatic rings. The van der Waals surface area contributed by atoms with E-state index in [1.807, 2.05) is 48.5 Å². The Kier molecular flexibility index (Phi) is 5.90. The fourth-order valence-corrected chi connectivity index (χ4v) is 5.84. The Morgan fingerprint density at radius 3 is 2.55 bits per heavy atom. The van der Waals surface area contributed by atoms with Gasteiger partial charge in [-0.1, -0.05) is 24.3 Å². The van der Waals surface area contributed by atoms with Crippen LogP contribution >= 0.6 is 0 Å². The SMILES string of the molecule is Nc1ncnc2c1c(-c1ccc3[nH]c(Oc4ccccc4)nc3c1)nn2[C@H]1CC[C@H](N2CCOCC2)CC1. The summed E-state index contributed by atoms with van der Waals surface area (Å²) >= 11 is 0. The lowest BCUT2D eigenvalue weighted by atomic mass is 9.90. The second-order valence-electron chi connectivity index (χ2n) is 10.1. The number of hydrogen-bond acceptors (Lipinski definition) is 8. The van der Waals surface area contributed by atoms with Crippen molar-refractivity contribution in [1.82, 2.24) is 34.6 Å². The molecule has 2 aliphatic rings. The molecule has 1 aliphatic carbocycles. The zero-order valence-electron chi connectivity index (χ0n) is 21.1. The lowest BCUT2D eigenvalue weighted by Crippen LogP contribution is -2.45. The highest BCUT2D eigenvalue weighted by Gasteiger charge is 2.30. The van der Waals surface area contributed by atoms with Crippen LogP contribution in [0.3, 0.4) is 0 Å². The topological polar surface area (TPSA) is 120 Å². The maximum absolute atomic E-state index is 6.39. The standard InChI is InChI=1S/C28H30N8O2/c29-26-24-25(18-6-11-22-23(16-18)33-28(32-22)38-21-4-2-1-3-5-21)34-36(27(24)31-17-30-26)20-9-7-19(8-10-20)35-12-14-37-15-13-35/h1-6,11,16-17,19-20H,7-10,12-15H2,(H,32,33)(H2,29,30,31)/t19-,20-. The molecule has 194 valence electrons. The number of imidazole rings is 1. The minimum absolute atomic E-state index is 0.276. The third kappa shape index (κ3) is 4.25. The van der Waals surface area contributed by atoms with Gasteiger partial charge in [0.1, 0.15) is 23.6 Å². The zero-order valence-corrected chi connectivity index (χ0v) is 21.1. The molecule has 1 aliphatic heterocycles. The van der Waals surface area contributed by atoms with Gasteiger partial charge >= 0.3 is 0 Å². The molecule has 10 nitrogen and oxygen atoms in total. The van der Waals surface area contributed by atoms with Crippen molar-refractivity contribution in [2.24, 2.45) is 0 Å². The number of para-hydroxylation sites is 1. The van der Waals surface area contributed by atoms with E-state index in [0.717, 1.165) is 91.1 Å². The van der Waals surface area contributed by atoms with Gasteiger partial charge in [0.2, 0.25) is 0 Å². The van der Waals surface area contributed by atoms with E-state index in [4.69, 9.17) is 20.3 Å². The number of aromatic nitrogens is 6. The molecule has 3 aromatic heterocycles. The lowest BCUT2D eigenvalue weighted by molar-refractivity contribution is 0.00520. The van der Waals surface area contributed by atoms with Gasteiger partial charge in [-0.05, 0) is 49.9 Å². The van der Waals surface area contributed by atoms with E-state index in [1.54, 1.807) is 0 Å². The van der Waals surface area contributed by atoms with Gasteiger partial charge in [-0.2, -0.15) is 10.1 Å². The first kappa shape index (κ1) is 23.1. The zero-order chi connectivity index (χ0) is 25.5. The molecule has 2 aromatic carbocycles. The minimum Gasteiger partial charge on any atom is -0.426 e. The van der Waals surface area contributed by atoms with Crippen LogP contribution in [0, 0.1) is 0 Å². The number of ether oxygens (including phenoxy) is 2. The normalized spacial score (nSPS) is 20.7. The van der Waals surface area contributed by atoms with E-state index in [2.05, 4.69) is 29.5 Å². The Morgan fingerprint density at radius 1 is 0.947 bits per heavy atom. The van der Waals surface area contributed by atoms with Gasteiger partial charge in [0.15, 0.2) is 5.65 Å². The highest BCUT2D eigenvalue weighted by molar-refractivity contribution is 5.99. The van der Waals surface area contributed by atoms with Crippen LogP contribution in [-0.4, -0.2) is 67.0 Å². The van der Waals surface area contributed by atoms with Crippen LogP contribution < -0.4 is 10.5 Å². The fourth-order valence-electron chi connectivity index (χ4n) is 5.84. The number of fused-ring (bicyclic) bond motifs is 2. The smallest absolute Gasteiger partial charge is 0.300 e. The van der Waals surface area contributed by atoms with Gasteiger partial charge in [-0.3, -0.25) is 4.90 Å². The van der Waals surface area contributed by atoms with Crippen LogP contribution in [0.5, 0.6) is 11.8 Å². The maximum Gasteiger partial charge on any atom is 0.300 e. The monoisotopic (exact) mass is 510 g/mol. The first-order valence-electron chi connectivity index (χ1n) is 13.3. The predicted octanol–water partition coefficient (Wildman–Crippen LogP) is 4.56. The Hall–Kier alpha value is -4.02. The van der Waals surface area contributed by atoms with Crippen LogP contribution in [-0.2, 0) is 4.74 Å². The first-order chi connectivity index (χ1) is 18.7. The summed E-state index contributed by atoms with van der Waals surface area (Å²) in [5, 5.41) is 5.88. The van der Waals surface area contributed by atoms with Crippen LogP contribution in [0.15, 0.2) is 54.9 Å². The van der Waals surface area contributed by atoms with E-state index >= 15 is 0 Å². The number of aromatic amines is 1. The number of hydrogen-bond donors (Lipinski definition) is 2. The summed E-state index contributed by atoms with van der Waals surface area (Å²) in [6.45, 7) is 3.73. The molecular weight excluding hydrogens is 480 g/mol. The number of morpholine rings is 1. The van der Waals surface area contributed by atoms with Crippen molar-refractivity contribution in [1.29, 1.82) is 0 Å². The van der Waals surface area contributed by atoms with Crippen LogP contribution in [0.1, 0.15) is 31.7 Å². The molecule has 0 unspecified atom stereocenters. The van der Waals surface area contributed by atoms with Crippen molar-refractivity contribution < 1.29 is 9.47 Å². The number of rotatable bonds is 5. The largest absolute Gasteiger partial charge is 0.426 e. The third-order valence-electron chi connectivity index (χ3n) is 7.78. The number of anilines is 1. The first-order valence-corrected chi connectivity index (χ1v) is 13.3. The second kappa shape index (κ2) is 9.70. The molecule has 0 bridgehead atoms. The number of nitrogens with one attached hydrogen (secondary N) is 1. The molecule has 10 heteroatoms. The Bertz CT molecular complexity index is 1570. The molecule has 3 N–H and O–H groups in total. The molecule has 4 heterocycles. The van der Waals surface area contributed by atoms with Gasteiger partial charge in [-0.15, -0.1) is 0 Å². The van der Waals surface area contributed by atoms with E-state index in [0.29, 0.717) is 17.9 Å². The highest BCUT2D eigenvalue weighted by atomic mass is 16.5. The molecule has 1 saturated heterocycles. The molecule has 0 spiro atoms. The number of nitrogens with two attached hydrogens (primary N) is 1. The van der Waals surface area contributed by atoms with Crippen molar-refractivity contribution in [3.63, 3.8) is 0 Å². The van der Waals surface area contributed by atoms with E-state index in [9.17, 15) is 0 Å². The maximum atomic E-state index is 6.39. The Morgan fingerprint density at radius 2 is 1.74 bits per heavy atom. The summed E-state index contributed by atoms with van der Waals surface area (Å²) in [5.74, 6) is 1.17. The lowest BCUT2D eigenvalue weighted by Gasteiger charge is -2.38. The van der Waals surface area contributed by atoms with Gasteiger partial charge in [0, 0.05) is 24.7 Å². The number of nitrogen functional groups attached to an aromatic ring is 1. The number of benzene rings is 2. The molecule has 0 amide bonds. The summed E-state index contributed by atoms with van der Waals surface area (Å²) in [7, 11) is 0. The summed E-state index contributed by atoms with van der Waals surface area (Å²) in [4.78, 5) is 19.4. The van der Waals surface area contributed by atoms with E-state index in [1.165, 1.54) is 6.33 Å². The molecule has 38 heavy (non-hydrogen) atoms. The average Bonchev–Trinajstić information content (AvgIpc) is 3.56. The third-order valence-corrected chi connectivity index (χ3v) is 7.78. The summed E-state index contributed by atoms with van der Waals surface area (Å²) in [5.41, 5.74) is 10.6. The predicted molar refractivity (Wildman–Crippen MR) is 145 cm³/mol. The Balaban J connectivity index is 1.19. The highest BCUT2D eigenvalue weighted by Crippen LogP contribution is 2.37. The molecule has 0 atom stereocenters. The van der Waals surface area contributed by atoms with Crippen LogP contribution in [0.4, 0.5) is 5.82 Å². The molecule has 7 rings (SSSR count). The van der Waals surface area contributed by atoms with Crippen molar-refractivity contribution in [3.05, 3.63) is 54.9 Å². The minimum atomic E-state index is 0.276. The number of H-pyrrole nitrogens is 1. The molecule has 1 saturated carbocycles. The average molecular weight is 511 g/mol. The van der Waals surface area contributed by atoms with Crippen molar-refractivity contribution in [2.45, 2.75) is 37.8 Å². The van der Waals surface area contributed by atoms with Crippen molar-refractivity contribution in [2.75, 3.05) is 32.0 Å². The fraction of sp³-hybridized carbons (Fsp3) is 0.357. The quantitative estimate of drug-likeness (QED) is 0.353.